The summed E-state index contributed by atoms with van der Waals surface area (Å²) in [7, 11) is 0. The summed E-state index contributed by atoms with van der Waals surface area (Å²) in [5.41, 5.74) is 23.6. The Labute approximate surface area is 619 Å². The molecule has 0 aliphatic heterocycles. The van der Waals surface area contributed by atoms with Gasteiger partial charge < -0.3 is 27.4 Å². The van der Waals surface area contributed by atoms with Crippen molar-refractivity contribution < 1.29 is 0 Å². The normalized spacial score (nSPS) is 11.9. The van der Waals surface area contributed by atoms with Gasteiger partial charge in [-0.2, -0.15) is 0 Å². The second-order valence-electron chi connectivity index (χ2n) is 27.9. The number of rotatable bonds is 9. The van der Waals surface area contributed by atoms with E-state index in [-0.39, 0.29) is 0 Å². The van der Waals surface area contributed by atoms with Crippen LogP contribution in [-0.2, 0) is 0 Å². The van der Waals surface area contributed by atoms with E-state index in [0.717, 1.165) is 50.8 Å². The molecule has 0 N–H and O–H groups in total. The van der Waals surface area contributed by atoms with Crippen LogP contribution in [0.5, 0.6) is 0 Å². The first kappa shape index (κ1) is 60.9. The predicted octanol–water partition coefficient (Wildman–Crippen LogP) is 25.1. The summed E-state index contributed by atoms with van der Waals surface area (Å²) < 4.78 is 14.3. The molecule has 7 aromatic heterocycles. The van der Waals surface area contributed by atoms with Crippen LogP contribution in [-0.4, -0.2) is 42.4 Å². The standard InChI is InChI=1S/C57H36N6.C42H27N3/c1-7-19-49-43(13-1)44-14-2-8-20-50(44)61(49)40-31-25-37(26-32-40)55-58-56(38-27-33-41(34-28-38)62-51-21-9-3-15-45(51)46-16-4-10-22-52(46)62)60-57(59-55)39-29-35-42(36-30-39)63-53-23-11-5-17-47(53)48-18-6-12-24-54(48)63;1-7-19-37-31(13-1)32-14-2-8-20-38(32)43(37)28-25-29(44-39-21-9-3-15-33(39)34-16-4-10-22-40(34)44)27-30(26-28)45-41-23-11-5-17-35(41)36-18-6-12-24-42(36)45/h1-36H;1-27H. The Morgan fingerprint density at radius 1 is 0.130 bits per heavy atom. The second-order valence-corrected chi connectivity index (χ2v) is 27.9. The van der Waals surface area contributed by atoms with Crippen molar-refractivity contribution in [2.45, 2.75) is 0 Å². The van der Waals surface area contributed by atoms with Gasteiger partial charge in [0, 0.05) is 98.4 Å². The van der Waals surface area contributed by atoms with Gasteiger partial charge in [-0.15, -0.1) is 0 Å². The Hall–Kier alpha value is -14.7. The minimum atomic E-state index is 0.613. The third-order valence-corrected chi connectivity index (χ3v) is 21.9. The average Bonchev–Trinajstić information content (AvgIpc) is 1.60. The molecule has 9 nitrogen and oxygen atoms in total. The van der Waals surface area contributed by atoms with E-state index in [4.69, 9.17) is 15.0 Å². The van der Waals surface area contributed by atoms with Gasteiger partial charge in [-0.3, -0.25) is 0 Å². The number of para-hydroxylation sites is 12. The Balaban J connectivity index is 0.000000142. The molecule has 16 aromatic carbocycles. The van der Waals surface area contributed by atoms with Crippen LogP contribution in [0, 0.1) is 0 Å². The van der Waals surface area contributed by atoms with E-state index in [1.54, 1.807) is 0 Å². The molecule has 0 atom stereocenters. The third kappa shape index (κ3) is 9.55. The van der Waals surface area contributed by atoms with Crippen LogP contribution >= 0.6 is 0 Å². The number of hydrogen-bond acceptors (Lipinski definition) is 3. The van der Waals surface area contributed by atoms with Crippen LogP contribution in [0.3, 0.4) is 0 Å². The van der Waals surface area contributed by atoms with E-state index in [2.05, 4.69) is 410 Å². The predicted molar refractivity (Wildman–Crippen MR) is 449 cm³/mol. The Morgan fingerprint density at radius 2 is 0.259 bits per heavy atom. The fraction of sp³-hybridized carbons (Fsp3) is 0. The molecule has 0 saturated heterocycles. The lowest BCUT2D eigenvalue weighted by molar-refractivity contribution is 1.07. The second kappa shape index (κ2) is 24.5. The van der Waals surface area contributed by atoms with Crippen molar-refractivity contribution >= 4 is 131 Å². The summed E-state index contributed by atoms with van der Waals surface area (Å²) in [5, 5.41) is 15.0. The van der Waals surface area contributed by atoms with Crippen LogP contribution in [0.2, 0.25) is 0 Å². The maximum Gasteiger partial charge on any atom is 0.164 e. The topological polar surface area (TPSA) is 68.2 Å². The molecule has 0 unspecified atom stereocenters. The van der Waals surface area contributed by atoms with Gasteiger partial charge >= 0.3 is 0 Å². The van der Waals surface area contributed by atoms with Crippen molar-refractivity contribution in [3.8, 4) is 68.3 Å². The minimum absolute atomic E-state index is 0.613. The molecule has 0 amide bonds. The van der Waals surface area contributed by atoms with Gasteiger partial charge in [0.25, 0.3) is 0 Å². The first-order chi connectivity index (χ1) is 53.6. The van der Waals surface area contributed by atoms with Crippen LogP contribution < -0.4 is 0 Å². The Morgan fingerprint density at radius 3 is 0.407 bits per heavy atom. The molecule has 0 saturated carbocycles. The lowest BCUT2D eigenvalue weighted by Gasteiger charge is -2.17. The third-order valence-electron chi connectivity index (χ3n) is 21.9. The van der Waals surface area contributed by atoms with E-state index in [9.17, 15) is 0 Å². The number of nitrogens with zero attached hydrogens (tertiary/aromatic N) is 9. The smallest absolute Gasteiger partial charge is 0.164 e. The molecule has 23 rings (SSSR count). The summed E-state index contributed by atoms with van der Waals surface area (Å²) in [6, 6.07) is 137. The molecular formula is C99H63N9. The van der Waals surface area contributed by atoms with E-state index < -0.39 is 0 Å². The molecule has 504 valence electrons. The van der Waals surface area contributed by atoms with Crippen molar-refractivity contribution in [1.82, 2.24) is 42.4 Å². The first-order valence-corrected chi connectivity index (χ1v) is 36.7. The molecule has 0 radical (unpaired) electrons. The van der Waals surface area contributed by atoms with Gasteiger partial charge in [-0.05, 0) is 164 Å². The quantitative estimate of drug-likeness (QED) is 0.145. The van der Waals surface area contributed by atoms with Crippen LogP contribution in [0.1, 0.15) is 0 Å². The van der Waals surface area contributed by atoms with Gasteiger partial charge in [-0.25, -0.2) is 15.0 Å². The fourth-order valence-electron chi connectivity index (χ4n) is 17.2. The number of benzene rings is 16. The van der Waals surface area contributed by atoms with Gasteiger partial charge in [-0.1, -0.05) is 218 Å². The number of fused-ring (bicyclic) bond motifs is 18. The number of aromatic nitrogens is 9. The van der Waals surface area contributed by atoms with E-state index in [0.29, 0.717) is 17.5 Å². The summed E-state index contributed by atoms with van der Waals surface area (Å²) in [5.74, 6) is 1.84. The maximum atomic E-state index is 5.17. The van der Waals surface area contributed by atoms with Crippen molar-refractivity contribution in [3.05, 3.63) is 382 Å². The summed E-state index contributed by atoms with van der Waals surface area (Å²) in [4.78, 5) is 15.5. The highest BCUT2D eigenvalue weighted by Crippen LogP contribution is 2.42. The molecule has 0 fully saturated rings. The zero-order valence-electron chi connectivity index (χ0n) is 58.4. The number of hydrogen-bond donors (Lipinski definition) is 0. The molecule has 0 bridgehead atoms. The molecule has 108 heavy (non-hydrogen) atoms. The van der Waals surface area contributed by atoms with Crippen molar-refractivity contribution in [2.24, 2.45) is 0 Å². The van der Waals surface area contributed by atoms with E-state index in [1.807, 2.05) is 0 Å². The lowest BCUT2D eigenvalue weighted by atomic mass is 10.1. The Kier molecular flexibility index (Phi) is 13.8. The summed E-state index contributed by atoms with van der Waals surface area (Å²) in [6.07, 6.45) is 0. The maximum absolute atomic E-state index is 5.17. The van der Waals surface area contributed by atoms with E-state index >= 15 is 0 Å². The highest BCUT2D eigenvalue weighted by atomic mass is 15.1. The molecule has 0 aliphatic rings. The first-order valence-electron chi connectivity index (χ1n) is 36.7. The summed E-state index contributed by atoms with van der Waals surface area (Å²) >= 11 is 0. The molecule has 0 spiro atoms. The largest absolute Gasteiger partial charge is 0.309 e. The fourth-order valence-corrected chi connectivity index (χ4v) is 17.2. The van der Waals surface area contributed by atoms with Gasteiger partial charge in [0.1, 0.15) is 0 Å². The van der Waals surface area contributed by atoms with Crippen LogP contribution in [0.4, 0.5) is 0 Å². The molecule has 7 heterocycles. The molecular weight excluding hydrogens is 1320 g/mol. The highest BCUT2D eigenvalue weighted by Gasteiger charge is 2.22. The molecule has 9 heteroatoms. The Bertz CT molecular complexity index is 6490. The summed E-state index contributed by atoms with van der Waals surface area (Å²) in [6.45, 7) is 0. The van der Waals surface area contributed by atoms with Gasteiger partial charge in [0.15, 0.2) is 17.5 Å². The van der Waals surface area contributed by atoms with Crippen molar-refractivity contribution in [3.63, 3.8) is 0 Å². The van der Waals surface area contributed by atoms with Gasteiger partial charge in [0.2, 0.25) is 0 Å². The van der Waals surface area contributed by atoms with E-state index in [1.165, 1.54) is 131 Å². The van der Waals surface area contributed by atoms with Crippen LogP contribution in [0.25, 0.3) is 199 Å². The average molecular weight is 1380 g/mol. The zero-order chi connectivity index (χ0) is 70.9. The lowest BCUT2D eigenvalue weighted by Crippen LogP contribution is -2.03. The monoisotopic (exact) mass is 1380 g/mol. The zero-order valence-corrected chi connectivity index (χ0v) is 58.4. The highest BCUT2D eigenvalue weighted by molar-refractivity contribution is 6.14. The van der Waals surface area contributed by atoms with Crippen molar-refractivity contribution in [1.29, 1.82) is 0 Å². The van der Waals surface area contributed by atoms with Crippen molar-refractivity contribution in [2.75, 3.05) is 0 Å². The van der Waals surface area contributed by atoms with Gasteiger partial charge in [0.05, 0.1) is 83.3 Å². The van der Waals surface area contributed by atoms with Crippen LogP contribution in [0.15, 0.2) is 382 Å². The minimum Gasteiger partial charge on any atom is -0.309 e. The molecule has 0 aliphatic carbocycles. The SMILES string of the molecule is c1ccc2c(c1)c1ccccc1n2-c1cc(-n2c3ccccc3c3ccccc32)cc(-n2c3ccccc3c3ccccc32)c1.c1ccc2c(c1)c1ccccc1n2-c1ccc(-c2nc(-c3ccc(-n4c5ccccc5c5ccccc54)cc3)nc(-c3ccc(-n4c5ccccc5c5ccccc54)cc3)n2)cc1. The molecule has 23 aromatic rings.